The predicted molar refractivity (Wildman–Crippen MR) is 62.6 cm³/mol. The number of furan rings is 1. The van der Waals surface area contributed by atoms with E-state index in [1.165, 1.54) is 0 Å². The first-order chi connectivity index (χ1) is 8.24. The molecule has 1 aromatic heterocycles. The summed E-state index contributed by atoms with van der Waals surface area (Å²) in [6, 6.07) is 3.90. The number of ether oxygens (including phenoxy) is 2. The number of esters is 1. The molecule has 1 aromatic rings. The van der Waals surface area contributed by atoms with E-state index in [-0.39, 0.29) is 18.6 Å². The highest BCUT2D eigenvalue weighted by molar-refractivity contribution is 5.70. The lowest BCUT2D eigenvalue weighted by Crippen LogP contribution is -2.24. The van der Waals surface area contributed by atoms with Gasteiger partial charge in [0.2, 0.25) is 0 Å². The van der Waals surface area contributed by atoms with Crippen molar-refractivity contribution in [3.8, 4) is 0 Å². The summed E-state index contributed by atoms with van der Waals surface area (Å²) in [5.41, 5.74) is 0. The van der Waals surface area contributed by atoms with E-state index in [1.54, 1.807) is 13.2 Å². The minimum absolute atomic E-state index is 0.00462. The van der Waals surface area contributed by atoms with Gasteiger partial charge < -0.3 is 19.2 Å². The summed E-state index contributed by atoms with van der Waals surface area (Å²) < 4.78 is 15.1. The Morgan fingerprint density at radius 2 is 2.41 bits per heavy atom. The molecule has 0 unspecified atom stereocenters. The van der Waals surface area contributed by atoms with Crippen molar-refractivity contribution in [3.63, 3.8) is 0 Å². The van der Waals surface area contributed by atoms with Gasteiger partial charge in [-0.15, -0.1) is 0 Å². The number of carbonyl (C=O) groups is 1. The lowest BCUT2D eigenvalue weighted by atomic mass is 10.2. The van der Waals surface area contributed by atoms with Crippen molar-refractivity contribution in [2.24, 2.45) is 0 Å². The van der Waals surface area contributed by atoms with Gasteiger partial charge in [0.25, 0.3) is 0 Å². The first kappa shape index (κ1) is 13.7. The molecule has 1 N–H and O–H groups in total. The van der Waals surface area contributed by atoms with Gasteiger partial charge in [-0.2, -0.15) is 0 Å². The van der Waals surface area contributed by atoms with Crippen LogP contribution in [0.3, 0.4) is 0 Å². The number of carbonyl (C=O) groups excluding carboxylic acids is 1. The Kier molecular flexibility index (Phi) is 6.35. The van der Waals surface area contributed by atoms with Crippen molar-refractivity contribution < 1.29 is 18.7 Å². The third-order valence-corrected chi connectivity index (χ3v) is 2.19. The summed E-state index contributed by atoms with van der Waals surface area (Å²) in [5, 5.41) is 3.22. The number of rotatable bonds is 8. The maximum absolute atomic E-state index is 10.9. The van der Waals surface area contributed by atoms with E-state index < -0.39 is 0 Å². The van der Waals surface area contributed by atoms with Crippen molar-refractivity contribution in [1.82, 2.24) is 5.32 Å². The number of hydrogen-bond acceptors (Lipinski definition) is 5. The van der Waals surface area contributed by atoms with Crippen LogP contribution in [0.15, 0.2) is 22.8 Å². The standard InChI is InChI=1S/C12H19NO4/c1-3-16-12(14)9-15-8-6-13-10(2)11-5-4-7-17-11/h4-5,7,10,13H,3,6,8-9H2,1-2H3/t10-/m1/s1. The van der Waals surface area contributed by atoms with E-state index in [4.69, 9.17) is 13.9 Å². The van der Waals surface area contributed by atoms with Crippen LogP contribution in [-0.4, -0.2) is 32.3 Å². The average Bonchev–Trinajstić information content (AvgIpc) is 2.82. The minimum Gasteiger partial charge on any atom is -0.468 e. The summed E-state index contributed by atoms with van der Waals surface area (Å²) in [5.74, 6) is 0.557. The van der Waals surface area contributed by atoms with Gasteiger partial charge in [0, 0.05) is 6.54 Å². The molecule has 0 aromatic carbocycles. The molecule has 5 nitrogen and oxygen atoms in total. The van der Waals surface area contributed by atoms with Crippen molar-refractivity contribution in [2.45, 2.75) is 19.9 Å². The molecule has 0 aliphatic rings. The van der Waals surface area contributed by atoms with Crippen molar-refractivity contribution in [1.29, 1.82) is 0 Å². The molecular formula is C12H19NO4. The topological polar surface area (TPSA) is 60.7 Å². The summed E-state index contributed by atoms with van der Waals surface area (Å²) in [4.78, 5) is 10.9. The zero-order valence-corrected chi connectivity index (χ0v) is 10.3. The molecule has 0 saturated carbocycles. The van der Waals surface area contributed by atoms with Crippen LogP contribution in [-0.2, 0) is 14.3 Å². The number of hydrogen-bond donors (Lipinski definition) is 1. The molecule has 0 radical (unpaired) electrons. The normalized spacial score (nSPS) is 12.4. The second-order valence-corrected chi connectivity index (χ2v) is 3.55. The van der Waals surface area contributed by atoms with E-state index in [9.17, 15) is 4.79 Å². The summed E-state index contributed by atoms with van der Waals surface area (Å²) >= 11 is 0. The van der Waals surface area contributed by atoms with E-state index in [2.05, 4.69) is 5.32 Å². The van der Waals surface area contributed by atoms with Crippen LogP contribution in [0.25, 0.3) is 0 Å². The van der Waals surface area contributed by atoms with Gasteiger partial charge in [-0.3, -0.25) is 0 Å². The molecule has 0 amide bonds. The van der Waals surface area contributed by atoms with Gasteiger partial charge in [0.1, 0.15) is 12.4 Å². The first-order valence-electron chi connectivity index (χ1n) is 5.74. The third kappa shape index (κ3) is 5.51. The monoisotopic (exact) mass is 241 g/mol. The summed E-state index contributed by atoms with van der Waals surface area (Å²) in [6.07, 6.45) is 1.64. The largest absolute Gasteiger partial charge is 0.468 e. The second-order valence-electron chi connectivity index (χ2n) is 3.55. The van der Waals surface area contributed by atoms with Gasteiger partial charge in [-0.1, -0.05) is 0 Å². The van der Waals surface area contributed by atoms with Gasteiger partial charge in [-0.25, -0.2) is 4.79 Å². The van der Waals surface area contributed by atoms with Crippen LogP contribution in [0.1, 0.15) is 25.6 Å². The van der Waals surface area contributed by atoms with Gasteiger partial charge in [0.05, 0.1) is 25.5 Å². The lowest BCUT2D eigenvalue weighted by Gasteiger charge is -2.11. The van der Waals surface area contributed by atoms with Crippen LogP contribution < -0.4 is 5.32 Å². The Labute approximate surface area is 101 Å². The molecule has 1 rings (SSSR count). The fraction of sp³-hybridized carbons (Fsp3) is 0.583. The maximum atomic E-state index is 10.9. The molecule has 17 heavy (non-hydrogen) atoms. The molecular weight excluding hydrogens is 222 g/mol. The van der Waals surface area contributed by atoms with Gasteiger partial charge in [-0.05, 0) is 26.0 Å². The lowest BCUT2D eigenvalue weighted by molar-refractivity contribution is -0.148. The fourth-order valence-corrected chi connectivity index (χ4v) is 1.34. The fourth-order valence-electron chi connectivity index (χ4n) is 1.34. The summed E-state index contributed by atoms with van der Waals surface area (Å²) in [6.45, 7) is 5.28. The highest BCUT2D eigenvalue weighted by atomic mass is 16.6. The highest BCUT2D eigenvalue weighted by Crippen LogP contribution is 2.11. The molecule has 0 spiro atoms. The molecule has 0 saturated heterocycles. The van der Waals surface area contributed by atoms with E-state index >= 15 is 0 Å². The van der Waals surface area contributed by atoms with Gasteiger partial charge >= 0.3 is 5.97 Å². The first-order valence-corrected chi connectivity index (χ1v) is 5.74. The van der Waals surface area contributed by atoms with Crippen molar-refractivity contribution in [2.75, 3.05) is 26.4 Å². The smallest absolute Gasteiger partial charge is 0.332 e. The zero-order valence-electron chi connectivity index (χ0n) is 10.3. The molecule has 1 heterocycles. The molecule has 0 fully saturated rings. The van der Waals surface area contributed by atoms with Crippen LogP contribution in [0.2, 0.25) is 0 Å². The van der Waals surface area contributed by atoms with E-state index in [1.807, 2.05) is 19.1 Å². The Morgan fingerprint density at radius 1 is 1.59 bits per heavy atom. The maximum Gasteiger partial charge on any atom is 0.332 e. The Bertz CT molecular complexity index is 310. The minimum atomic E-state index is -0.327. The van der Waals surface area contributed by atoms with Crippen LogP contribution in [0.4, 0.5) is 0 Å². The average molecular weight is 241 g/mol. The Morgan fingerprint density at radius 3 is 3.06 bits per heavy atom. The third-order valence-electron chi connectivity index (χ3n) is 2.19. The molecule has 0 aliphatic heterocycles. The van der Waals surface area contributed by atoms with Crippen molar-refractivity contribution >= 4 is 5.97 Å². The predicted octanol–water partition coefficient (Wildman–Crippen LogP) is 1.51. The van der Waals surface area contributed by atoms with E-state index in [0.29, 0.717) is 19.8 Å². The molecule has 5 heteroatoms. The van der Waals surface area contributed by atoms with Crippen LogP contribution in [0.5, 0.6) is 0 Å². The Hall–Kier alpha value is -1.33. The van der Waals surface area contributed by atoms with Gasteiger partial charge in [0.15, 0.2) is 0 Å². The molecule has 1 atom stereocenters. The molecule has 0 aliphatic carbocycles. The van der Waals surface area contributed by atoms with Crippen LogP contribution >= 0.6 is 0 Å². The second kappa shape index (κ2) is 7.86. The SMILES string of the molecule is CCOC(=O)COCCN[C@H](C)c1ccco1. The Balaban J connectivity index is 2.03. The molecule has 0 bridgehead atoms. The zero-order chi connectivity index (χ0) is 12.5. The quantitative estimate of drug-likeness (QED) is 0.552. The molecule has 96 valence electrons. The van der Waals surface area contributed by atoms with E-state index in [0.717, 1.165) is 5.76 Å². The number of nitrogens with one attached hydrogen (secondary N) is 1. The van der Waals surface area contributed by atoms with Crippen LogP contribution in [0, 0.1) is 0 Å². The summed E-state index contributed by atoms with van der Waals surface area (Å²) in [7, 11) is 0. The van der Waals surface area contributed by atoms with Crippen molar-refractivity contribution in [3.05, 3.63) is 24.2 Å². The highest BCUT2D eigenvalue weighted by Gasteiger charge is 2.06.